The lowest BCUT2D eigenvalue weighted by Gasteiger charge is -2.37. The van der Waals surface area contributed by atoms with Crippen molar-refractivity contribution in [3.8, 4) is 5.75 Å². The van der Waals surface area contributed by atoms with Gasteiger partial charge in [0.2, 0.25) is 5.91 Å². The van der Waals surface area contributed by atoms with Gasteiger partial charge < -0.3 is 15.7 Å². The van der Waals surface area contributed by atoms with E-state index in [4.69, 9.17) is 0 Å². The third-order valence-electron chi connectivity index (χ3n) is 7.09. The van der Waals surface area contributed by atoms with Gasteiger partial charge in [-0.05, 0) is 86.2 Å². The molecule has 3 aliphatic rings. The van der Waals surface area contributed by atoms with E-state index in [1.807, 2.05) is 6.07 Å². The van der Waals surface area contributed by atoms with Crippen LogP contribution in [-0.4, -0.2) is 29.6 Å². The fourth-order valence-corrected chi connectivity index (χ4v) is 5.65. The third-order valence-corrected chi connectivity index (χ3v) is 7.09. The van der Waals surface area contributed by atoms with E-state index in [1.54, 1.807) is 0 Å². The molecule has 1 unspecified atom stereocenters. The van der Waals surface area contributed by atoms with Crippen LogP contribution in [0.5, 0.6) is 5.75 Å². The number of phenols is 1. The SMILES string of the molecule is O=C(N[C@H]1CCc2ccccc2C1c1c(O)ccc2c1CCCC2)[C@@H]1CCCN1. The summed E-state index contributed by atoms with van der Waals surface area (Å²) in [5.41, 5.74) is 6.34. The Morgan fingerprint density at radius 3 is 2.69 bits per heavy atom. The van der Waals surface area contributed by atoms with Gasteiger partial charge in [0.05, 0.1) is 6.04 Å². The number of phenolic OH excluding ortho intramolecular Hbond substituents is 1. The zero-order chi connectivity index (χ0) is 19.8. The third kappa shape index (κ3) is 3.44. The molecule has 3 atom stereocenters. The minimum atomic E-state index is -0.0777. The van der Waals surface area contributed by atoms with Crippen molar-refractivity contribution in [3.05, 3.63) is 64.2 Å². The van der Waals surface area contributed by atoms with Crippen molar-refractivity contribution in [2.45, 2.75) is 69.4 Å². The van der Waals surface area contributed by atoms with Crippen molar-refractivity contribution in [2.24, 2.45) is 0 Å². The van der Waals surface area contributed by atoms with Gasteiger partial charge in [0.15, 0.2) is 0 Å². The average molecular weight is 391 g/mol. The van der Waals surface area contributed by atoms with Gasteiger partial charge in [-0.1, -0.05) is 30.3 Å². The van der Waals surface area contributed by atoms with E-state index in [0.29, 0.717) is 5.75 Å². The van der Waals surface area contributed by atoms with Gasteiger partial charge in [0.25, 0.3) is 0 Å². The largest absolute Gasteiger partial charge is 0.508 e. The van der Waals surface area contributed by atoms with Crippen molar-refractivity contribution in [2.75, 3.05) is 6.54 Å². The van der Waals surface area contributed by atoms with Gasteiger partial charge in [0.1, 0.15) is 5.75 Å². The average Bonchev–Trinajstić information content (AvgIpc) is 3.29. The molecule has 0 aromatic heterocycles. The number of aromatic hydroxyl groups is 1. The Labute approximate surface area is 172 Å². The highest BCUT2D eigenvalue weighted by Gasteiger charge is 2.37. The molecule has 0 saturated carbocycles. The Balaban J connectivity index is 1.57. The van der Waals surface area contributed by atoms with Gasteiger partial charge in [-0.15, -0.1) is 0 Å². The Hall–Kier alpha value is -2.33. The molecule has 2 aromatic carbocycles. The predicted octanol–water partition coefficient (Wildman–Crippen LogP) is 3.59. The molecule has 2 aromatic rings. The number of nitrogens with one attached hydrogen (secondary N) is 2. The number of carbonyl (C=O) groups is 1. The number of rotatable bonds is 3. The zero-order valence-corrected chi connectivity index (χ0v) is 16.9. The highest BCUT2D eigenvalue weighted by molar-refractivity contribution is 5.82. The second-order valence-corrected chi connectivity index (χ2v) is 8.82. The molecule has 1 heterocycles. The summed E-state index contributed by atoms with van der Waals surface area (Å²) >= 11 is 0. The summed E-state index contributed by atoms with van der Waals surface area (Å²) in [6, 6.07) is 12.5. The van der Waals surface area contributed by atoms with Crippen LogP contribution >= 0.6 is 0 Å². The number of benzene rings is 2. The zero-order valence-electron chi connectivity index (χ0n) is 16.9. The maximum atomic E-state index is 12.9. The standard InChI is InChI=1S/C25H30N2O2/c28-22-14-12-17-7-2-4-9-19(17)24(22)23-18-8-3-1-6-16(18)11-13-20(23)27-25(29)21-10-5-15-26-21/h1,3,6,8,12,14,20-21,23,26,28H,2,4-5,7,9-11,13,15H2,(H,27,29)/t20-,21-,23?/m0/s1. The van der Waals surface area contributed by atoms with Gasteiger partial charge >= 0.3 is 0 Å². The Morgan fingerprint density at radius 2 is 1.83 bits per heavy atom. The van der Waals surface area contributed by atoms with Crippen LogP contribution in [0.3, 0.4) is 0 Å². The van der Waals surface area contributed by atoms with Crippen molar-refractivity contribution in [3.63, 3.8) is 0 Å². The van der Waals surface area contributed by atoms with Crippen LogP contribution in [0.15, 0.2) is 36.4 Å². The quantitative estimate of drug-likeness (QED) is 0.751. The highest BCUT2D eigenvalue weighted by Crippen LogP contribution is 2.44. The second kappa shape index (κ2) is 7.83. The molecule has 152 valence electrons. The molecule has 4 heteroatoms. The molecule has 0 radical (unpaired) electrons. The van der Waals surface area contributed by atoms with E-state index >= 15 is 0 Å². The molecule has 3 N–H and O–H groups in total. The smallest absolute Gasteiger partial charge is 0.237 e. The monoisotopic (exact) mass is 390 g/mol. The number of amides is 1. The van der Waals surface area contributed by atoms with Crippen LogP contribution in [0.25, 0.3) is 0 Å². The fraction of sp³-hybridized carbons (Fsp3) is 0.480. The molecule has 0 spiro atoms. The lowest BCUT2D eigenvalue weighted by molar-refractivity contribution is -0.123. The number of hydrogen-bond donors (Lipinski definition) is 3. The lowest BCUT2D eigenvalue weighted by Crippen LogP contribution is -2.49. The normalized spacial score (nSPS) is 25.9. The minimum absolute atomic E-state index is 0.0124. The summed E-state index contributed by atoms with van der Waals surface area (Å²) in [6.45, 7) is 0.919. The summed E-state index contributed by atoms with van der Waals surface area (Å²) in [5.74, 6) is 0.505. The predicted molar refractivity (Wildman–Crippen MR) is 114 cm³/mol. The van der Waals surface area contributed by atoms with Crippen LogP contribution in [0.4, 0.5) is 0 Å². The molecule has 4 nitrogen and oxygen atoms in total. The summed E-state index contributed by atoms with van der Waals surface area (Å²) in [5, 5.41) is 17.7. The van der Waals surface area contributed by atoms with Gasteiger partial charge in [-0.25, -0.2) is 0 Å². The first-order chi connectivity index (χ1) is 14.2. The maximum Gasteiger partial charge on any atom is 0.237 e. The van der Waals surface area contributed by atoms with Crippen molar-refractivity contribution in [1.29, 1.82) is 0 Å². The van der Waals surface area contributed by atoms with E-state index in [0.717, 1.165) is 50.6 Å². The minimum Gasteiger partial charge on any atom is -0.508 e. The molecular formula is C25H30N2O2. The van der Waals surface area contributed by atoms with Crippen molar-refractivity contribution in [1.82, 2.24) is 10.6 Å². The Kier molecular flexibility index (Phi) is 5.04. The van der Waals surface area contributed by atoms with E-state index in [2.05, 4.69) is 41.0 Å². The van der Waals surface area contributed by atoms with Gasteiger partial charge in [-0.3, -0.25) is 4.79 Å². The van der Waals surface area contributed by atoms with Crippen LogP contribution in [0, 0.1) is 0 Å². The van der Waals surface area contributed by atoms with Crippen LogP contribution in [0.1, 0.15) is 65.8 Å². The summed E-state index contributed by atoms with van der Waals surface area (Å²) in [6.07, 6.45) is 8.32. The molecule has 0 bridgehead atoms. The molecule has 2 aliphatic carbocycles. The Morgan fingerprint density at radius 1 is 0.966 bits per heavy atom. The lowest BCUT2D eigenvalue weighted by atomic mass is 9.72. The van der Waals surface area contributed by atoms with Crippen LogP contribution in [0.2, 0.25) is 0 Å². The molecule has 1 aliphatic heterocycles. The maximum absolute atomic E-state index is 12.9. The van der Waals surface area contributed by atoms with Gasteiger partial charge in [-0.2, -0.15) is 0 Å². The number of hydrogen-bond acceptors (Lipinski definition) is 3. The highest BCUT2D eigenvalue weighted by atomic mass is 16.3. The molecule has 5 rings (SSSR count). The number of carbonyl (C=O) groups excluding carboxylic acids is 1. The Bertz CT molecular complexity index is 917. The van der Waals surface area contributed by atoms with Crippen molar-refractivity contribution >= 4 is 5.91 Å². The van der Waals surface area contributed by atoms with E-state index in [9.17, 15) is 9.90 Å². The van der Waals surface area contributed by atoms with Crippen molar-refractivity contribution < 1.29 is 9.90 Å². The van der Waals surface area contributed by atoms with Gasteiger partial charge in [0, 0.05) is 17.5 Å². The molecule has 1 saturated heterocycles. The summed E-state index contributed by atoms with van der Waals surface area (Å²) in [4.78, 5) is 12.9. The van der Waals surface area contributed by atoms with Crippen LogP contribution < -0.4 is 10.6 Å². The first kappa shape index (κ1) is 18.7. The van der Waals surface area contributed by atoms with Crippen LogP contribution in [-0.2, 0) is 24.1 Å². The molecule has 1 fully saturated rings. The second-order valence-electron chi connectivity index (χ2n) is 8.82. The first-order valence-corrected chi connectivity index (χ1v) is 11.2. The molecule has 1 amide bonds. The molecule has 29 heavy (non-hydrogen) atoms. The number of fused-ring (bicyclic) bond motifs is 2. The fourth-order valence-electron chi connectivity index (χ4n) is 5.65. The van der Waals surface area contributed by atoms with E-state index in [-0.39, 0.29) is 23.9 Å². The summed E-state index contributed by atoms with van der Waals surface area (Å²) in [7, 11) is 0. The molecular weight excluding hydrogens is 360 g/mol. The van der Waals surface area contributed by atoms with E-state index < -0.39 is 0 Å². The number of aryl methyl sites for hydroxylation is 2. The van der Waals surface area contributed by atoms with E-state index in [1.165, 1.54) is 35.1 Å². The summed E-state index contributed by atoms with van der Waals surface area (Å²) < 4.78 is 0. The first-order valence-electron chi connectivity index (χ1n) is 11.2. The topological polar surface area (TPSA) is 61.4 Å².